The Hall–Kier alpha value is -3.78. The van der Waals surface area contributed by atoms with Crippen LogP contribution in [-0.2, 0) is 0 Å². The number of allylic oxidation sites excluding steroid dienone is 10. The van der Waals surface area contributed by atoms with Gasteiger partial charge in [-0.05, 0) is 103 Å². The zero-order valence-electron chi connectivity index (χ0n) is 25.1. The molecule has 4 unspecified atom stereocenters. The van der Waals surface area contributed by atoms with Crippen LogP contribution < -0.4 is 0 Å². The Balaban J connectivity index is 1.26. The van der Waals surface area contributed by atoms with E-state index in [9.17, 15) is 0 Å². The lowest BCUT2D eigenvalue weighted by Crippen LogP contribution is -2.32. The smallest absolute Gasteiger partial charge is 0.0886 e. The minimum absolute atomic E-state index is 0.457. The summed E-state index contributed by atoms with van der Waals surface area (Å²) in [5.41, 5.74) is 14.3. The molecule has 0 radical (unpaired) electrons. The summed E-state index contributed by atoms with van der Waals surface area (Å²) in [7, 11) is 0. The Bertz CT molecular complexity index is 1580. The second kappa shape index (κ2) is 11.8. The highest BCUT2D eigenvalue weighted by Gasteiger charge is 2.41. The molecule has 4 aliphatic rings. The fraction of sp³-hybridized carbons (Fsp3) is 0.350. The third kappa shape index (κ3) is 4.85. The Labute approximate surface area is 251 Å². The van der Waals surface area contributed by atoms with Crippen molar-refractivity contribution in [2.75, 3.05) is 0 Å². The summed E-state index contributed by atoms with van der Waals surface area (Å²) in [6.45, 7) is 4.83. The van der Waals surface area contributed by atoms with E-state index in [1.165, 1.54) is 67.2 Å². The van der Waals surface area contributed by atoms with Gasteiger partial charge in [-0.25, -0.2) is 0 Å². The number of rotatable bonds is 6. The van der Waals surface area contributed by atoms with Gasteiger partial charge < -0.3 is 0 Å². The third-order valence-corrected chi connectivity index (χ3v) is 10.2. The summed E-state index contributed by atoms with van der Waals surface area (Å²) >= 11 is 0. The lowest BCUT2D eigenvalue weighted by Gasteiger charge is -2.45. The molecule has 4 aliphatic carbocycles. The first-order valence-electron chi connectivity index (χ1n) is 16.2. The summed E-state index contributed by atoms with van der Waals surface area (Å²) in [5.74, 6) is 2.14. The van der Waals surface area contributed by atoms with Crippen molar-refractivity contribution in [1.29, 1.82) is 0 Å². The van der Waals surface area contributed by atoms with E-state index in [1.807, 2.05) is 24.4 Å². The molecule has 0 N–H and O–H groups in total. The van der Waals surface area contributed by atoms with Gasteiger partial charge in [0, 0.05) is 29.8 Å². The molecule has 4 atom stereocenters. The van der Waals surface area contributed by atoms with E-state index >= 15 is 0 Å². The van der Waals surface area contributed by atoms with E-state index in [1.54, 1.807) is 22.3 Å². The Morgan fingerprint density at radius 1 is 0.857 bits per heavy atom. The lowest BCUT2D eigenvalue weighted by atomic mass is 9.59. The molecule has 1 saturated carbocycles. The number of hydrogen-bond donors (Lipinski definition) is 0. The van der Waals surface area contributed by atoms with Crippen LogP contribution in [0.15, 0.2) is 125 Å². The van der Waals surface area contributed by atoms with Gasteiger partial charge in [0.25, 0.3) is 0 Å². The van der Waals surface area contributed by atoms with Gasteiger partial charge in [0.05, 0.1) is 11.4 Å². The first kappa shape index (κ1) is 27.1. The Morgan fingerprint density at radius 2 is 1.71 bits per heavy atom. The number of pyridine rings is 2. The SMILES string of the molecule is CCCC1=C(C)C(c2ccccc2)C2CCCCC2=C1C1C=CC=C2C(c3ccc(-c4ccccn4)nc3)=CCCC21. The molecule has 1 fully saturated rings. The second-order valence-corrected chi connectivity index (χ2v) is 12.6. The molecule has 3 aromatic rings. The van der Waals surface area contributed by atoms with Crippen LogP contribution in [0.25, 0.3) is 17.0 Å². The minimum Gasteiger partial charge on any atom is -0.255 e. The highest BCUT2D eigenvalue weighted by molar-refractivity contribution is 5.82. The van der Waals surface area contributed by atoms with E-state index in [0.717, 1.165) is 17.8 Å². The molecule has 7 rings (SSSR count). The molecular formula is C40H42N2. The summed E-state index contributed by atoms with van der Waals surface area (Å²) in [5, 5.41) is 0. The van der Waals surface area contributed by atoms with Crippen LogP contribution in [0, 0.1) is 17.8 Å². The topological polar surface area (TPSA) is 25.8 Å². The standard InChI is InChI=1S/C40H42N2/c1-3-13-30-27(2)39(28-14-5-4-6-15-28)35-16-7-8-17-36(35)40(30)34-21-12-19-32-31(18-11-20-33(32)34)29-23-24-38(42-26-29)37-22-9-10-25-41-37/h4-6,9-10,12,14-15,18-19,21-26,33-35,39H,3,7-8,11,13,16-17,20H2,1-2H3. The lowest BCUT2D eigenvalue weighted by molar-refractivity contribution is 0.380. The van der Waals surface area contributed by atoms with Crippen LogP contribution in [0.1, 0.15) is 82.3 Å². The molecule has 212 valence electrons. The van der Waals surface area contributed by atoms with E-state index in [2.05, 4.69) is 91.8 Å². The van der Waals surface area contributed by atoms with Crippen LogP contribution in [-0.4, -0.2) is 9.97 Å². The van der Waals surface area contributed by atoms with Crippen LogP contribution in [0.2, 0.25) is 0 Å². The maximum absolute atomic E-state index is 4.84. The summed E-state index contributed by atoms with van der Waals surface area (Å²) < 4.78 is 0. The van der Waals surface area contributed by atoms with Crippen molar-refractivity contribution in [3.8, 4) is 11.4 Å². The Kier molecular flexibility index (Phi) is 7.63. The maximum Gasteiger partial charge on any atom is 0.0886 e. The fourth-order valence-electron chi connectivity index (χ4n) is 8.46. The predicted octanol–water partition coefficient (Wildman–Crippen LogP) is 10.5. The van der Waals surface area contributed by atoms with Crippen LogP contribution >= 0.6 is 0 Å². The highest BCUT2D eigenvalue weighted by Crippen LogP contribution is 2.56. The molecule has 1 aromatic carbocycles. The monoisotopic (exact) mass is 550 g/mol. The molecule has 2 heterocycles. The second-order valence-electron chi connectivity index (χ2n) is 12.6. The zero-order chi connectivity index (χ0) is 28.5. The van der Waals surface area contributed by atoms with Crippen LogP contribution in [0.3, 0.4) is 0 Å². The van der Waals surface area contributed by atoms with Gasteiger partial charge in [-0.3, -0.25) is 9.97 Å². The number of nitrogens with zero attached hydrogens (tertiary/aromatic N) is 2. The molecule has 2 heteroatoms. The van der Waals surface area contributed by atoms with Crippen LogP contribution in [0.4, 0.5) is 0 Å². The molecular weight excluding hydrogens is 508 g/mol. The van der Waals surface area contributed by atoms with Gasteiger partial charge in [-0.2, -0.15) is 0 Å². The van der Waals surface area contributed by atoms with E-state index in [0.29, 0.717) is 23.7 Å². The first-order valence-corrected chi connectivity index (χ1v) is 16.2. The maximum atomic E-state index is 4.84. The van der Waals surface area contributed by atoms with Crippen molar-refractivity contribution in [1.82, 2.24) is 9.97 Å². The van der Waals surface area contributed by atoms with E-state index in [4.69, 9.17) is 4.98 Å². The summed E-state index contributed by atoms with van der Waals surface area (Å²) in [6, 6.07) is 21.8. The zero-order valence-corrected chi connectivity index (χ0v) is 25.1. The van der Waals surface area contributed by atoms with Crippen molar-refractivity contribution in [3.63, 3.8) is 0 Å². The van der Waals surface area contributed by atoms with Gasteiger partial charge in [0.2, 0.25) is 0 Å². The van der Waals surface area contributed by atoms with Crippen molar-refractivity contribution in [3.05, 3.63) is 136 Å². The van der Waals surface area contributed by atoms with Crippen molar-refractivity contribution < 1.29 is 0 Å². The molecule has 0 aliphatic heterocycles. The van der Waals surface area contributed by atoms with Gasteiger partial charge in [0.15, 0.2) is 0 Å². The predicted molar refractivity (Wildman–Crippen MR) is 175 cm³/mol. The third-order valence-electron chi connectivity index (χ3n) is 10.2. The van der Waals surface area contributed by atoms with E-state index < -0.39 is 0 Å². The average Bonchev–Trinajstić information content (AvgIpc) is 3.06. The first-order chi connectivity index (χ1) is 20.7. The van der Waals surface area contributed by atoms with Crippen molar-refractivity contribution >= 4 is 5.57 Å². The number of benzene rings is 1. The van der Waals surface area contributed by atoms with E-state index in [-0.39, 0.29) is 0 Å². The van der Waals surface area contributed by atoms with Gasteiger partial charge >= 0.3 is 0 Å². The average molecular weight is 551 g/mol. The van der Waals surface area contributed by atoms with Crippen molar-refractivity contribution in [2.45, 2.75) is 71.1 Å². The molecule has 42 heavy (non-hydrogen) atoms. The number of aromatic nitrogens is 2. The van der Waals surface area contributed by atoms with Crippen molar-refractivity contribution in [2.24, 2.45) is 17.8 Å². The number of hydrogen-bond acceptors (Lipinski definition) is 2. The fourth-order valence-corrected chi connectivity index (χ4v) is 8.46. The molecule has 0 amide bonds. The molecule has 2 nitrogen and oxygen atoms in total. The summed E-state index contributed by atoms with van der Waals surface area (Å²) in [4.78, 5) is 9.34. The molecule has 0 saturated heterocycles. The normalized spacial score (nSPS) is 25.5. The molecule has 2 aromatic heterocycles. The quantitative estimate of drug-likeness (QED) is 0.305. The molecule has 0 bridgehead atoms. The van der Waals surface area contributed by atoms with Crippen LogP contribution in [0.5, 0.6) is 0 Å². The largest absolute Gasteiger partial charge is 0.255 e. The summed E-state index contributed by atoms with van der Waals surface area (Å²) in [6.07, 6.45) is 23.6. The highest BCUT2D eigenvalue weighted by atomic mass is 14.8. The number of fused-ring (bicyclic) bond motifs is 2. The van der Waals surface area contributed by atoms with Gasteiger partial charge in [0.1, 0.15) is 0 Å². The Morgan fingerprint density at radius 3 is 2.50 bits per heavy atom. The molecule has 0 spiro atoms. The minimum atomic E-state index is 0.457. The van der Waals surface area contributed by atoms with Gasteiger partial charge in [-0.1, -0.05) is 97.7 Å². The van der Waals surface area contributed by atoms with Gasteiger partial charge in [-0.15, -0.1) is 0 Å².